The molecule has 0 aliphatic rings. The van der Waals surface area contributed by atoms with E-state index in [0.29, 0.717) is 0 Å². The van der Waals surface area contributed by atoms with Crippen LogP contribution in [0.5, 0.6) is 0 Å². The fourth-order valence-corrected chi connectivity index (χ4v) is 1.14. The van der Waals surface area contributed by atoms with Crippen LogP contribution < -0.4 is 44.2 Å². The third kappa shape index (κ3) is 22.9. The molecule has 0 amide bonds. The Labute approximate surface area is 119 Å². The van der Waals surface area contributed by atoms with Gasteiger partial charge in [-0.05, 0) is 0 Å². The molecule has 64 valence electrons. The molecule has 0 aliphatic heterocycles. The summed E-state index contributed by atoms with van der Waals surface area (Å²) in [7, 11) is -11.0. The van der Waals surface area contributed by atoms with Crippen LogP contribution in [-0.2, 0) is 13.4 Å². The second-order valence-electron chi connectivity index (χ2n) is 0.997. The standard InChI is InChI=1S/Ca.FH.Na.H4O7P2/c;;;1-8(2,3)7-9(4,5)6/h;1H;;(H2,1,2,3)(H2,4,5,6)/q+2;;+1;/p-3. The summed E-state index contributed by atoms with van der Waals surface area (Å²) in [6, 6.07) is 0. The Kier molecular flexibility index (Phi) is 17.4. The van der Waals surface area contributed by atoms with E-state index in [-0.39, 0.29) is 72.0 Å². The zero-order valence-electron chi connectivity index (χ0n) is 5.91. The number of phosphoric acid groups is 2. The molecule has 0 spiro atoms. The Hall–Kier alpha value is 2.45. The van der Waals surface area contributed by atoms with E-state index in [1.165, 1.54) is 0 Å². The van der Waals surface area contributed by atoms with Crippen LogP contribution in [0.15, 0.2) is 0 Å². The van der Waals surface area contributed by atoms with E-state index in [4.69, 9.17) is 4.89 Å². The zero-order chi connectivity index (χ0) is 7.71. The third-order valence-corrected chi connectivity index (χ3v) is 1.83. The molecule has 0 aliphatic carbocycles. The summed E-state index contributed by atoms with van der Waals surface area (Å²) in [5.41, 5.74) is 0. The van der Waals surface area contributed by atoms with Gasteiger partial charge in [0.2, 0.25) is 0 Å². The summed E-state index contributed by atoms with van der Waals surface area (Å²) in [6.07, 6.45) is 0. The molecule has 12 heteroatoms. The molecular weight excluding hydrogens is 256 g/mol. The van der Waals surface area contributed by atoms with E-state index in [0.717, 1.165) is 0 Å². The van der Waals surface area contributed by atoms with E-state index < -0.39 is 15.6 Å². The van der Waals surface area contributed by atoms with Crippen molar-refractivity contribution in [3.63, 3.8) is 0 Å². The number of rotatable bonds is 2. The molecule has 0 saturated carbocycles. The fraction of sp³-hybridized carbons (Fsp3) is 0. The van der Waals surface area contributed by atoms with Crippen molar-refractivity contribution in [3.8, 4) is 0 Å². The zero-order valence-corrected chi connectivity index (χ0v) is 11.9. The first-order valence-electron chi connectivity index (χ1n) is 1.48. The largest absolute Gasteiger partial charge is 2.00 e. The normalized spacial score (nSPS) is 14.3. The van der Waals surface area contributed by atoms with Crippen molar-refractivity contribution in [2.45, 2.75) is 0 Å². The Bertz CT molecular complexity index is 162. The topological polar surface area (TPSA) is 133 Å². The molecule has 12 heavy (non-hydrogen) atoms. The Balaban J connectivity index is -0.000000107. The number of hydrogen-bond donors (Lipinski definition) is 1. The smallest absolute Gasteiger partial charge is 0.790 e. The van der Waals surface area contributed by atoms with E-state index in [2.05, 4.69) is 4.31 Å². The minimum atomic E-state index is -5.61. The van der Waals surface area contributed by atoms with Gasteiger partial charge in [-0.1, -0.05) is 0 Å². The van der Waals surface area contributed by atoms with Gasteiger partial charge in [0.25, 0.3) is 7.82 Å². The first-order chi connectivity index (χ1) is 3.71. The Morgan fingerprint density at radius 1 is 1.17 bits per heavy atom. The second kappa shape index (κ2) is 8.73. The van der Waals surface area contributed by atoms with E-state index in [1.54, 1.807) is 0 Å². The third-order valence-electron chi connectivity index (χ3n) is 0.203. The average Bonchev–Trinajstić information content (AvgIpc) is 1.14. The van der Waals surface area contributed by atoms with Crippen LogP contribution in [0.3, 0.4) is 0 Å². The van der Waals surface area contributed by atoms with Crippen LogP contribution in [-0.4, -0.2) is 42.6 Å². The fourth-order valence-electron chi connectivity index (χ4n) is 0.126. The van der Waals surface area contributed by atoms with Gasteiger partial charge in [-0.2, -0.15) is 0 Å². The molecule has 0 heterocycles. The molecule has 0 bridgehead atoms. The molecule has 1 N–H and O–H groups in total. The van der Waals surface area contributed by atoms with Crippen LogP contribution in [0.4, 0.5) is 4.70 Å². The summed E-state index contributed by atoms with van der Waals surface area (Å²) in [5, 5.41) is 0. The SMILES string of the molecule is F.O=P([O-])([O-])OP(=O)([O-])O.[Ca+2].[Na+]. The van der Waals surface area contributed by atoms with Crippen LogP contribution in [0, 0.1) is 0 Å². The van der Waals surface area contributed by atoms with Gasteiger partial charge in [0, 0.05) is 0 Å². The molecular formula is H2CaFNaO7P2. The summed E-state index contributed by atoms with van der Waals surface area (Å²) in [5.74, 6) is 0. The molecule has 0 aromatic carbocycles. The Morgan fingerprint density at radius 3 is 1.42 bits per heavy atom. The van der Waals surface area contributed by atoms with Crippen molar-refractivity contribution >= 4 is 53.4 Å². The maximum absolute atomic E-state index is 9.44. The number of halogens is 1. The molecule has 7 nitrogen and oxygen atoms in total. The van der Waals surface area contributed by atoms with Gasteiger partial charge in [-0.15, -0.1) is 0 Å². The van der Waals surface area contributed by atoms with Crippen LogP contribution >= 0.6 is 15.6 Å². The van der Waals surface area contributed by atoms with Gasteiger partial charge in [0.15, 0.2) is 0 Å². The monoisotopic (exact) mass is 258 g/mol. The molecule has 0 aromatic heterocycles. The van der Waals surface area contributed by atoms with Gasteiger partial charge in [-0.3, -0.25) is 13.6 Å². The van der Waals surface area contributed by atoms with E-state index >= 15 is 0 Å². The average molecular weight is 258 g/mol. The molecule has 1 atom stereocenters. The predicted molar refractivity (Wildman–Crippen MR) is 26.8 cm³/mol. The van der Waals surface area contributed by atoms with Crippen LogP contribution in [0.1, 0.15) is 0 Å². The summed E-state index contributed by atoms with van der Waals surface area (Å²) < 4.78 is 21.4. The quantitative estimate of drug-likeness (QED) is 0.385. The van der Waals surface area contributed by atoms with Gasteiger partial charge < -0.3 is 24.1 Å². The number of hydrogen-bond acceptors (Lipinski definition) is 6. The van der Waals surface area contributed by atoms with Crippen molar-refractivity contribution in [2.75, 3.05) is 0 Å². The van der Waals surface area contributed by atoms with Gasteiger partial charge in [-0.25, -0.2) is 0 Å². The molecule has 0 rings (SSSR count). The molecule has 0 aromatic rings. The van der Waals surface area contributed by atoms with Crippen molar-refractivity contribution < 1.29 is 67.3 Å². The van der Waals surface area contributed by atoms with Crippen molar-refractivity contribution in [2.24, 2.45) is 0 Å². The molecule has 0 radical (unpaired) electrons. The summed E-state index contributed by atoms with van der Waals surface area (Å²) in [4.78, 5) is 35.7. The molecule has 1 unspecified atom stereocenters. The minimum Gasteiger partial charge on any atom is -0.790 e. The van der Waals surface area contributed by atoms with Gasteiger partial charge >= 0.3 is 67.3 Å². The van der Waals surface area contributed by atoms with E-state index in [1.807, 2.05) is 0 Å². The van der Waals surface area contributed by atoms with Gasteiger partial charge in [0.1, 0.15) is 0 Å². The van der Waals surface area contributed by atoms with Gasteiger partial charge in [0.05, 0.1) is 7.82 Å². The maximum atomic E-state index is 9.44. The van der Waals surface area contributed by atoms with Crippen LogP contribution in [0.2, 0.25) is 0 Å². The van der Waals surface area contributed by atoms with E-state index in [9.17, 15) is 23.8 Å². The van der Waals surface area contributed by atoms with Crippen molar-refractivity contribution in [1.82, 2.24) is 0 Å². The maximum Gasteiger partial charge on any atom is 2.00 e. The summed E-state index contributed by atoms with van der Waals surface area (Å²) in [6.45, 7) is 0. The van der Waals surface area contributed by atoms with Crippen LogP contribution in [0.25, 0.3) is 0 Å². The van der Waals surface area contributed by atoms with Crippen molar-refractivity contribution in [3.05, 3.63) is 0 Å². The Morgan fingerprint density at radius 2 is 1.42 bits per heavy atom. The predicted octanol–water partition coefficient (Wildman–Crippen LogP) is -5.93. The van der Waals surface area contributed by atoms with Crippen molar-refractivity contribution in [1.29, 1.82) is 0 Å². The summed E-state index contributed by atoms with van der Waals surface area (Å²) >= 11 is 0. The molecule has 0 saturated heterocycles. The minimum absolute atomic E-state index is 0. The first-order valence-corrected chi connectivity index (χ1v) is 4.43. The second-order valence-corrected chi connectivity index (χ2v) is 3.48. The molecule has 0 fully saturated rings. The first kappa shape index (κ1) is 23.9.